The first kappa shape index (κ1) is 13.7. The zero-order valence-corrected chi connectivity index (χ0v) is 11.7. The lowest BCUT2D eigenvalue weighted by atomic mass is 9.85. The number of ether oxygens (including phenoxy) is 1. The first-order valence-corrected chi connectivity index (χ1v) is 6.89. The molecule has 0 aliphatic heterocycles. The average Bonchev–Trinajstić information content (AvgIpc) is 2.33. The Morgan fingerprint density at radius 3 is 2.74 bits per heavy atom. The summed E-state index contributed by atoms with van der Waals surface area (Å²) in [5, 5.41) is 0. The summed E-state index contributed by atoms with van der Waals surface area (Å²) in [6, 6.07) is 5.38. The summed E-state index contributed by atoms with van der Waals surface area (Å²) in [5.74, 6) is 0.469. The van der Waals surface area contributed by atoms with Gasteiger partial charge in [0.25, 0.3) is 0 Å². The third-order valence-electron chi connectivity index (χ3n) is 3.71. The van der Waals surface area contributed by atoms with E-state index in [1.54, 1.807) is 19.1 Å². The molecule has 0 aromatic heterocycles. The van der Waals surface area contributed by atoms with Gasteiger partial charge in [-0.05, 0) is 43.9 Å². The Bertz CT molecular complexity index is 455. The third-order valence-corrected chi connectivity index (χ3v) is 3.71. The van der Waals surface area contributed by atoms with Crippen LogP contribution in [0.15, 0.2) is 18.2 Å². The van der Waals surface area contributed by atoms with Crippen molar-refractivity contribution in [2.24, 2.45) is 5.92 Å². The van der Waals surface area contributed by atoms with Crippen molar-refractivity contribution >= 4 is 17.3 Å². The number of benzene rings is 1. The predicted molar refractivity (Wildman–Crippen MR) is 77.4 cm³/mol. The predicted octanol–water partition coefficient (Wildman–Crippen LogP) is 2.68. The highest BCUT2D eigenvalue weighted by Gasteiger charge is 2.20. The van der Waals surface area contributed by atoms with Crippen LogP contribution >= 0.6 is 0 Å². The van der Waals surface area contributed by atoms with Gasteiger partial charge in [-0.1, -0.05) is 6.42 Å². The molecule has 0 atom stereocenters. The Labute approximate surface area is 114 Å². The number of rotatable bonds is 5. The monoisotopic (exact) mass is 262 g/mol. The number of nitrogens with zero attached hydrogens (tertiary/aromatic N) is 1. The van der Waals surface area contributed by atoms with Gasteiger partial charge in [0.1, 0.15) is 0 Å². The van der Waals surface area contributed by atoms with Crippen LogP contribution in [0.2, 0.25) is 0 Å². The molecular formula is C15H22N2O2. The van der Waals surface area contributed by atoms with Crippen molar-refractivity contribution in [1.82, 2.24) is 0 Å². The largest absolute Gasteiger partial charge is 0.462 e. The van der Waals surface area contributed by atoms with Crippen molar-refractivity contribution in [3.05, 3.63) is 23.8 Å². The molecule has 1 aromatic rings. The molecule has 2 rings (SSSR count). The fraction of sp³-hybridized carbons (Fsp3) is 0.533. The Kier molecular flexibility index (Phi) is 4.30. The van der Waals surface area contributed by atoms with E-state index in [9.17, 15) is 4.79 Å². The lowest BCUT2D eigenvalue weighted by molar-refractivity contribution is 0.0526. The first-order chi connectivity index (χ1) is 9.11. The van der Waals surface area contributed by atoms with Crippen LogP contribution in [0.25, 0.3) is 0 Å². The summed E-state index contributed by atoms with van der Waals surface area (Å²) in [6.07, 6.45) is 3.96. The normalized spacial score (nSPS) is 14.8. The van der Waals surface area contributed by atoms with E-state index in [0.717, 1.165) is 18.2 Å². The van der Waals surface area contributed by atoms with Crippen LogP contribution < -0.4 is 10.6 Å². The summed E-state index contributed by atoms with van der Waals surface area (Å²) in [4.78, 5) is 13.8. The third kappa shape index (κ3) is 3.19. The van der Waals surface area contributed by atoms with E-state index >= 15 is 0 Å². The lowest BCUT2D eigenvalue weighted by Crippen LogP contribution is -2.29. The molecule has 0 bridgehead atoms. The molecule has 4 heteroatoms. The molecule has 104 valence electrons. The van der Waals surface area contributed by atoms with Gasteiger partial charge in [0.2, 0.25) is 0 Å². The van der Waals surface area contributed by atoms with Gasteiger partial charge in [-0.2, -0.15) is 0 Å². The number of hydrogen-bond donors (Lipinski definition) is 1. The smallest absolute Gasteiger partial charge is 0.338 e. The Hall–Kier alpha value is -1.71. The molecule has 1 aromatic carbocycles. The maximum atomic E-state index is 11.6. The van der Waals surface area contributed by atoms with E-state index in [2.05, 4.69) is 4.90 Å². The van der Waals surface area contributed by atoms with Gasteiger partial charge in [-0.3, -0.25) is 0 Å². The van der Waals surface area contributed by atoms with Crippen LogP contribution in [0.1, 0.15) is 36.5 Å². The van der Waals surface area contributed by atoms with Crippen molar-refractivity contribution in [2.45, 2.75) is 26.2 Å². The maximum Gasteiger partial charge on any atom is 0.338 e. The molecule has 0 spiro atoms. The standard InChI is InChI=1S/C15H22N2O2/c1-3-19-15(18)12-7-8-14(13(16)9-12)17(2)10-11-5-4-6-11/h7-9,11H,3-6,10,16H2,1-2H3. The van der Waals surface area contributed by atoms with Crippen molar-refractivity contribution in [3.8, 4) is 0 Å². The molecule has 2 N–H and O–H groups in total. The molecule has 1 aliphatic rings. The van der Waals surface area contributed by atoms with E-state index in [1.807, 2.05) is 13.1 Å². The molecule has 1 aliphatic carbocycles. The second-order valence-electron chi connectivity index (χ2n) is 5.17. The van der Waals surface area contributed by atoms with Crippen molar-refractivity contribution in [3.63, 3.8) is 0 Å². The van der Waals surface area contributed by atoms with E-state index in [0.29, 0.717) is 17.9 Å². The van der Waals surface area contributed by atoms with Crippen LogP contribution in [-0.2, 0) is 4.74 Å². The lowest BCUT2D eigenvalue weighted by Gasteiger charge is -2.31. The van der Waals surface area contributed by atoms with Crippen LogP contribution in [0.5, 0.6) is 0 Å². The number of nitrogen functional groups attached to an aromatic ring is 1. The van der Waals surface area contributed by atoms with Gasteiger partial charge < -0.3 is 15.4 Å². The highest BCUT2D eigenvalue weighted by molar-refractivity contribution is 5.92. The zero-order valence-electron chi connectivity index (χ0n) is 11.7. The number of carbonyl (C=O) groups excluding carboxylic acids is 1. The minimum absolute atomic E-state index is 0.317. The number of esters is 1. The fourth-order valence-electron chi connectivity index (χ4n) is 2.40. The van der Waals surface area contributed by atoms with Gasteiger partial charge in [-0.15, -0.1) is 0 Å². The van der Waals surface area contributed by atoms with Gasteiger partial charge >= 0.3 is 5.97 Å². The highest BCUT2D eigenvalue weighted by atomic mass is 16.5. The average molecular weight is 262 g/mol. The molecule has 1 saturated carbocycles. The second kappa shape index (κ2) is 5.95. The first-order valence-electron chi connectivity index (χ1n) is 6.89. The number of anilines is 2. The number of carbonyl (C=O) groups is 1. The number of nitrogens with two attached hydrogens (primary N) is 1. The molecule has 0 unspecified atom stereocenters. The summed E-state index contributed by atoms with van der Waals surface area (Å²) in [7, 11) is 2.05. The molecular weight excluding hydrogens is 240 g/mol. The molecule has 1 fully saturated rings. The van der Waals surface area contributed by atoms with Gasteiger partial charge in [0.15, 0.2) is 0 Å². The van der Waals surface area contributed by atoms with Crippen molar-refractivity contribution in [2.75, 3.05) is 30.8 Å². The Morgan fingerprint density at radius 1 is 1.47 bits per heavy atom. The van der Waals surface area contributed by atoms with E-state index in [4.69, 9.17) is 10.5 Å². The van der Waals surface area contributed by atoms with Crippen LogP contribution in [-0.4, -0.2) is 26.2 Å². The molecule has 0 amide bonds. The molecule has 19 heavy (non-hydrogen) atoms. The summed E-state index contributed by atoms with van der Waals surface area (Å²) in [5.41, 5.74) is 8.17. The fourth-order valence-corrected chi connectivity index (χ4v) is 2.40. The molecule has 0 radical (unpaired) electrons. The van der Waals surface area contributed by atoms with E-state index in [-0.39, 0.29) is 5.97 Å². The summed E-state index contributed by atoms with van der Waals surface area (Å²) < 4.78 is 4.97. The zero-order chi connectivity index (χ0) is 13.8. The van der Waals surface area contributed by atoms with E-state index < -0.39 is 0 Å². The van der Waals surface area contributed by atoms with Crippen LogP contribution in [0.3, 0.4) is 0 Å². The molecule has 4 nitrogen and oxygen atoms in total. The van der Waals surface area contributed by atoms with Crippen LogP contribution in [0.4, 0.5) is 11.4 Å². The highest BCUT2D eigenvalue weighted by Crippen LogP contribution is 2.30. The summed E-state index contributed by atoms with van der Waals surface area (Å²) in [6.45, 7) is 3.20. The quantitative estimate of drug-likeness (QED) is 0.654. The minimum Gasteiger partial charge on any atom is -0.462 e. The summed E-state index contributed by atoms with van der Waals surface area (Å²) >= 11 is 0. The van der Waals surface area contributed by atoms with Gasteiger partial charge in [0, 0.05) is 13.6 Å². The molecule has 0 heterocycles. The second-order valence-corrected chi connectivity index (χ2v) is 5.17. The van der Waals surface area contributed by atoms with Crippen molar-refractivity contribution < 1.29 is 9.53 Å². The number of hydrogen-bond acceptors (Lipinski definition) is 4. The minimum atomic E-state index is -0.317. The molecule has 0 saturated heterocycles. The van der Waals surface area contributed by atoms with Gasteiger partial charge in [0.05, 0.1) is 23.5 Å². The topological polar surface area (TPSA) is 55.6 Å². The van der Waals surface area contributed by atoms with Crippen molar-refractivity contribution in [1.29, 1.82) is 0 Å². The maximum absolute atomic E-state index is 11.6. The van der Waals surface area contributed by atoms with E-state index in [1.165, 1.54) is 19.3 Å². The SMILES string of the molecule is CCOC(=O)c1ccc(N(C)CC2CCC2)c(N)c1. The Morgan fingerprint density at radius 2 is 2.21 bits per heavy atom. The Balaban J connectivity index is 2.07. The van der Waals surface area contributed by atoms with Gasteiger partial charge in [-0.25, -0.2) is 4.79 Å². The van der Waals surface area contributed by atoms with Crippen LogP contribution in [0, 0.1) is 5.92 Å².